The topological polar surface area (TPSA) is 83.6 Å². The summed E-state index contributed by atoms with van der Waals surface area (Å²) in [5.74, 6) is 0.840. The molecule has 21 heavy (non-hydrogen) atoms. The molecule has 0 fully saturated rings. The third kappa shape index (κ3) is 3.30. The van der Waals surface area contributed by atoms with Crippen molar-refractivity contribution in [2.75, 3.05) is 5.32 Å². The van der Waals surface area contributed by atoms with Crippen LogP contribution >= 0.6 is 0 Å². The number of H-pyrrole nitrogens is 1. The average Bonchev–Trinajstić information content (AvgIpc) is 2.97. The van der Waals surface area contributed by atoms with Crippen LogP contribution in [-0.4, -0.2) is 26.1 Å². The SMILES string of the molecule is O=C(Cc1nc(-c2ccccn2)n[nH]1)Nc1ccccc1. The lowest BCUT2D eigenvalue weighted by molar-refractivity contribution is -0.115. The number of anilines is 1. The molecule has 0 aliphatic heterocycles. The van der Waals surface area contributed by atoms with E-state index in [9.17, 15) is 4.79 Å². The molecule has 6 nitrogen and oxygen atoms in total. The van der Waals surface area contributed by atoms with Gasteiger partial charge >= 0.3 is 0 Å². The number of nitrogens with one attached hydrogen (secondary N) is 2. The minimum absolute atomic E-state index is 0.134. The minimum Gasteiger partial charge on any atom is -0.326 e. The average molecular weight is 279 g/mol. The summed E-state index contributed by atoms with van der Waals surface area (Å²) in [4.78, 5) is 20.3. The van der Waals surface area contributed by atoms with Gasteiger partial charge in [-0.2, -0.15) is 5.10 Å². The zero-order valence-electron chi connectivity index (χ0n) is 11.2. The van der Waals surface area contributed by atoms with Crippen LogP contribution in [0.1, 0.15) is 5.82 Å². The van der Waals surface area contributed by atoms with Crippen molar-refractivity contribution in [3.05, 3.63) is 60.6 Å². The second-order valence-corrected chi connectivity index (χ2v) is 4.41. The summed E-state index contributed by atoms with van der Waals surface area (Å²) >= 11 is 0. The number of hydrogen-bond acceptors (Lipinski definition) is 4. The number of amides is 1. The van der Waals surface area contributed by atoms with Gasteiger partial charge in [-0.3, -0.25) is 14.9 Å². The summed E-state index contributed by atoms with van der Waals surface area (Å²) in [6.07, 6.45) is 1.81. The molecule has 0 spiro atoms. The highest BCUT2D eigenvalue weighted by atomic mass is 16.1. The molecule has 0 aliphatic rings. The van der Waals surface area contributed by atoms with Gasteiger partial charge in [-0.05, 0) is 24.3 Å². The fourth-order valence-electron chi connectivity index (χ4n) is 1.86. The molecular weight excluding hydrogens is 266 g/mol. The predicted molar refractivity (Wildman–Crippen MR) is 78.4 cm³/mol. The van der Waals surface area contributed by atoms with Crippen molar-refractivity contribution in [3.8, 4) is 11.5 Å². The monoisotopic (exact) mass is 279 g/mol. The van der Waals surface area contributed by atoms with Crippen molar-refractivity contribution < 1.29 is 4.79 Å². The number of para-hydroxylation sites is 1. The first-order chi connectivity index (χ1) is 10.3. The lowest BCUT2D eigenvalue weighted by Gasteiger charge is -2.02. The molecule has 2 N–H and O–H groups in total. The maximum absolute atomic E-state index is 11.9. The van der Waals surface area contributed by atoms with Crippen LogP contribution in [0.3, 0.4) is 0 Å². The molecule has 0 saturated carbocycles. The molecule has 2 heterocycles. The van der Waals surface area contributed by atoms with Gasteiger partial charge < -0.3 is 5.32 Å². The summed E-state index contributed by atoms with van der Waals surface area (Å²) in [6, 6.07) is 14.8. The Labute approximate surface area is 121 Å². The number of nitrogens with zero attached hydrogens (tertiary/aromatic N) is 3. The van der Waals surface area contributed by atoms with Gasteiger partial charge in [-0.15, -0.1) is 0 Å². The third-order valence-corrected chi connectivity index (χ3v) is 2.81. The highest BCUT2D eigenvalue weighted by Crippen LogP contribution is 2.11. The predicted octanol–water partition coefficient (Wildman–Crippen LogP) is 2.05. The van der Waals surface area contributed by atoms with Crippen LogP contribution in [0.4, 0.5) is 5.69 Å². The van der Waals surface area contributed by atoms with Gasteiger partial charge in [0.05, 0.1) is 6.42 Å². The van der Waals surface area contributed by atoms with E-state index in [-0.39, 0.29) is 12.3 Å². The van der Waals surface area contributed by atoms with E-state index in [1.807, 2.05) is 48.5 Å². The second-order valence-electron chi connectivity index (χ2n) is 4.41. The van der Waals surface area contributed by atoms with Crippen molar-refractivity contribution in [2.45, 2.75) is 6.42 Å². The number of benzene rings is 1. The van der Waals surface area contributed by atoms with Crippen LogP contribution in [0.2, 0.25) is 0 Å². The van der Waals surface area contributed by atoms with Crippen molar-refractivity contribution in [1.82, 2.24) is 20.2 Å². The Morgan fingerprint density at radius 3 is 2.67 bits per heavy atom. The standard InChI is InChI=1S/C15H13N5O/c21-14(17-11-6-2-1-3-7-11)10-13-18-15(20-19-13)12-8-4-5-9-16-12/h1-9H,10H2,(H,17,21)(H,18,19,20). The molecule has 6 heteroatoms. The van der Waals surface area contributed by atoms with Crippen molar-refractivity contribution >= 4 is 11.6 Å². The van der Waals surface area contributed by atoms with E-state index in [2.05, 4.69) is 25.5 Å². The van der Waals surface area contributed by atoms with Crippen LogP contribution < -0.4 is 5.32 Å². The van der Waals surface area contributed by atoms with Crippen molar-refractivity contribution in [1.29, 1.82) is 0 Å². The van der Waals surface area contributed by atoms with Gasteiger partial charge in [0.1, 0.15) is 11.5 Å². The van der Waals surface area contributed by atoms with Gasteiger partial charge in [0.15, 0.2) is 5.82 Å². The van der Waals surface area contributed by atoms with Crippen LogP contribution in [0.25, 0.3) is 11.5 Å². The number of aromatic nitrogens is 4. The molecule has 1 amide bonds. The molecule has 0 atom stereocenters. The molecule has 2 aromatic heterocycles. The van der Waals surface area contributed by atoms with Gasteiger partial charge in [0.2, 0.25) is 5.91 Å². The van der Waals surface area contributed by atoms with Gasteiger partial charge in [-0.1, -0.05) is 24.3 Å². The Bertz CT molecular complexity index is 724. The quantitative estimate of drug-likeness (QED) is 0.765. The van der Waals surface area contributed by atoms with Gasteiger partial charge in [0, 0.05) is 11.9 Å². The first-order valence-electron chi connectivity index (χ1n) is 6.49. The number of carbonyl (C=O) groups excluding carboxylic acids is 1. The van der Waals surface area contributed by atoms with E-state index in [0.717, 1.165) is 5.69 Å². The number of hydrogen-bond donors (Lipinski definition) is 2. The highest BCUT2D eigenvalue weighted by molar-refractivity contribution is 5.91. The summed E-state index contributed by atoms with van der Waals surface area (Å²) < 4.78 is 0. The lowest BCUT2D eigenvalue weighted by atomic mass is 10.3. The molecule has 104 valence electrons. The Balaban J connectivity index is 1.66. The molecular formula is C15H13N5O. The Hall–Kier alpha value is -3.02. The molecule has 0 bridgehead atoms. The zero-order valence-corrected chi connectivity index (χ0v) is 11.2. The van der Waals surface area contributed by atoms with E-state index >= 15 is 0 Å². The summed E-state index contributed by atoms with van der Waals surface area (Å²) in [7, 11) is 0. The number of aromatic amines is 1. The first kappa shape index (κ1) is 13.0. The molecule has 0 saturated heterocycles. The number of carbonyl (C=O) groups is 1. The maximum atomic E-state index is 11.9. The number of rotatable bonds is 4. The molecule has 0 unspecified atom stereocenters. The van der Waals surface area contributed by atoms with Crippen LogP contribution in [0.5, 0.6) is 0 Å². The van der Waals surface area contributed by atoms with Crippen LogP contribution in [0, 0.1) is 0 Å². The Kier molecular flexibility index (Phi) is 3.68. The van der Waals surface area contributed by atoms with E-state index in [1.165, 1.54) is 0 Å². The smallest absolute Gasteiger partial charge is 0.232 e. The normalized spacial score (nSPS) is 10.3. The molecule has 0 aliphatic carbocycles. The zero-order chi connectivity index (χ0) is 14.5. The minimum atomic E-state index is -0.148. The fraction of sp³-hybridized carbons (Fsp3) is 0.0667. The molecule has 0 radical (unpaired) electrons. The van der Waals surface area contributed by atoms with Crippen LogP contribution in [-0.2, 0) is 11.2 Å². The Morgan fingerprint density at radius 1 is 1.10 bits per heavy atom. The van der Waals surface area contributed by atoms with E-state index in [1.54, 1.807) is 6.20 Å². The molecule has 3 rings (SSSR count). The van der Waals surface area contributed by atoms with E-state index < -0.39 is 0 Å². The first-order valence-corrected chi connectivity index (χ1v) is 6.49. The third-order valence-electron chi connectivity index (χ3n) is 2.81. The van der Waals surface area contributed by atoms with Crippen molar-refractivity contribution in [3.63, 3.8) is 0 Å². The van der Waals surface area contributed by atoms with Gasteiger partial charge in [0.25, 0.3) is 0 Å². The molecule has 3 aromatic rings. The Morgan fingerprint density at radius 2 is 1.90 bits per heavy atom. The van der Waals surface area contributed by atoms with Crippen molar-refractivity contribution in [2.24, 2.45) is 0 Å². The molecule has 1 aromatic carbocycles. The maximum Gasteiger partial charge on any atom is 0.232 e. The highest BCUT2D eigenvalue weighted by Gasteiger charge is 2.10. The largest absolute Gasteiger partial charge is 0.326 e. The summed E-state index contributed by atoms with van der Waals surface area (Å²) in [6.45, 7) is 0. The fourth-order valence-corrected chi connectivity index (χ4v) is 1.86. The van der Waals surface area contributed by atoms with E-state index in [0.29, 0.717) is 17.3 Å². The lowest BCUT2D eigenvalue weighted by Crippen LogP contribution is -2.15. The summed E-state index contributed by atoms with van der Waals surface area (Å²) in [5.41, 5.74) is 1.43. The second kappa shape index (κ2) is 5.96. The number of pyridine rings is 1. The summed E-state index contributed by atoms with van der Waals surface area (Å²) in [5, 5.41) is 9.62. The van der Waals surface area contributed by atoms with Gasteiger partial charge in [-0.25, -0.2) is 4.98 Å². The van der Waals surface area contributed by atoms with E-state index in [4.69, 9.17) is 0 Å². The van der Waals surface area contributed by atoms with Crippen LogP contribution in [0.15, 0.2) is 54.7 Å².